The first kappa shape index (κ1) is 15.7. The second-order valence-electron chi connectivity index (χ2n) is 4.95. The van der Waals surface area contributed by atoms with E-state index < -0.39 is 11.6 Å². The van der Waals surface area contributed by atoms with Gasteiger partial charge in [-0.3, -0.25) is 4.68 Å². The third-order valence-corrected chi connectivity index (χ3v) is 2.47. The van der Waals surface area contributed by atoms with Crippen LogP contribution in [0.3, 0.4) is 0 Å². The third kappa shape index (κ3) is 5.00. The number of ether oxygens (including phenoxy) is 2. The van der Waals surface area contributed by atoms with Crippen LogP contribution in [-0.4, -0.2) is 46.8 Å². The summed E-state index contributed by atoms with van der Waals surface area (Å²) < 4.78 is 11.6. The topological polar surface area (TPSA) is 73.6 Å². The zero-order valence-electron chi connectivity index (χ0n) is 12.0. The first-order valence-corrected chi connectivity index (χ1v) is 6.32. The van der Waals surface area contributed by atoms with Crippen LogP contribution >= 0.6 is 0 Å². The number of carbonyl (C=O) groups excluding carboxylic acids is 1. The Bertz CT molecular complexity index is 421. The van der Waals surface area contributed by atoms with Gasteiger partial charge in [0.05, 0.1) is 25.4 Å². The summed E-state index contributed by atoms with van der Waals surface area (Å²) in [6.07, 6.45) is 0.406. The lowest BCUT2D eigenvalue weighted by Gasteiger charge is -2.17. The van der Waals surface area contributed by atoms with Gasteiger partial charge in [-0.05, 0) is 26.8 Å². The number of nitrogens with zero attached hydrogens (tertiary/aromatic N) is 2. The highest BCUT2D eigenvalue weighted by molar-refractivity contribution is 5.87. The standard InChI is InChI=1S/C13H22N2O4/c1-5-19-12(16)11-8-10(9-13(2,3)17)15(14-11)6-7-18-4/h8,17H,5-7,9H2,1-4H3. The molecule has 0 fully saturated rings. The fourth-order valence-corrected chi connectivity index (χ4v) is 1.72. The molecule has 0 unspecified atom stereocenters. The molecule has 0 amide bonds. The van der Waals surface area contributed by atoms with Crippen LogP contribution in [0, 0.1) is 0 Å². The largest absolute Gasteiger partial charge is 0.461 e. The molecule has 0 aromatic carbocycles. The molecular formula is C13H22N2O4. The molecule has 1 rings (SSSR count). The summed E-state index contributed by atoms with van der Waals surface area (Å²) >= 11 is 0. The Labute approximate surface area is 113 Å². The van der Waals surface area contributed by atoms with E-state index in [9.17, 15) is 9.90 Å². The molecule has 19 heavy (non-hydrogen) atoms. The summed E-state index contributed by atoms with van der Waals surface area (Å²) in [6.45, 7) is 6.50. The van der Waals surface area contributed by atoms with Gasteiger partial charge in [-0.15, -0.1) is 0 Å². The summed E-state index contributed by atoms with van der Waals surface area (Å²) in [5.41, 5.74) is 0.182. The summed E-state index contributed by atoms with van der Waals surface area (Å²) in [6, 6.07) is 1.66. The van der Waals surface area contributed by atoms with Crippen molar-refractivity contribution >= 4 is 5.97 Å². The number of esters is 1. The molecular weight excluding hydrogens is 248 g/mol. The van der Waals surface area contributed by atoms with E-state index in [-0.39, 0.29) is 5.69 Å². The molecule has 1 aromatic rings. The molecule has 0 radical (unpaired) electrons. The number of methoxy groups -OCH3 is 1. The van der Waals surface area contributed by atoms with Crippen molar-refractivity contribution in [3.05, 3.63) is 17.5 Å². The van der Waals surface area contributed by atoms with Gasteiger partial charge in [0, 0.05) is 19.2 Å². The van der Waals surface area contributed by atoms with Crippen molar-refractivity contribution < 1.29 is 19.4 Å². The zero-order valence-corrected chi connectivity index (χ0v) is 12.0. The van der Waals surface area contributed by atoms with Crippen LogP contribution in [0.4, 0.5) is 0 Å². The van der Waals surface area contributed by atoms with Crippen LogP contribution in [0.5, 0.6) is 0 Å². The molecule has 108 valence electrons. The number of carbonyl (C=O) groups is 1. The normalized spacial score (nSPS) is 11.6. The van der Waals surface area contributed by atoms with Gasteiger partial charge in [0.1, 0.15) is 0 Å². The summed E-state index contributed by atoms with van der Waals surface area (Å²) in [5.74, 6) is -0.448. The highest BCUT2D eigenvalue weighted by Crippen LogP contribution is 2.14. The van der Waals surface area contributed by atoms with Gasteiger partial charge in [0.25, 0.3) is 0 Å². The van der Waals surface area contributed by atoms with E-state index in [1.54, 1.807) is 38.6 Å². The Morgan fingerprint density at radius 1 is 1.53 bits per heavy atom. The summed E-state index contributed by atoms with van der Waals surface area (Å²) in [7, 11) is 1.60. The number of aliphatic hydroxyl groups is 1. The molecule has 1 aromatic heterocycles. The lowest BCUT2D eigenvalue weighted by Crippen LogP contribution is -2.24. The summed E-state index contributed by atoms with van der Waals surface area (Å²) in [5, 5.41) is 14.1. The maximum absolute atomic E-state index is 11.7. The van der Waals surface area contributed by atoms with Gasteiger partial charge in [-0.2, -0.15) is 5.10 Å². The monoisotopic (exact) mass is 270 g/mol. The number of aromatic nitrogens is 2. The van der Waals surface area contributed by atoms with E-state index in [0.717, 1.165) is 5.69 Å². The quantitative estimate of drug-likeness (QED) is 0.749. The van der Waals surface area contributed by atoms with Crippen molar-refractivity contribution in [2.24, 2.45) is 0 Å². The third-order valence-electron chi connectivity index (χ3n) is 2.47. The van der Waals surface area contributed by atoms with E-state index in [0.29, 0.717) is 26.2 Å². The van der Waals surface area contributed by atoms with E-state index in [4.69, 9.17) is 9.47 Å². The molecule has 0 aliphatic rings. The minimum absolute atomic E-state index is 0.261. The van der Waals surface area contributed by atoms with E-state index in [2.05, 4.69) is 5.10 Å². The van der Waals surface area contributed by atoms with Crippen LogP contribution in [0.1, 0.15) is 37.0 Å². The Hall–Kier alpha value is -1.40. The van der Waals surface area contributed by atoms with Gasteiger partial charge in [-0.1, -0.05) is 0 Å². The van der Waals surface area contributed by atoms with Gasteiger partial charge in [0.2, 0.25) is 0 Å². The van der Waals surface area contributed by atoms with Crippen LogP contribution in [0.2, 0.25) is 0 Å². The molecule has 1 N–H and O–H groups in total. The maximum Gasteiger partial charge on any atom is 0.358 e. The second kappa shape index (κ2) is 6.68. The fourth-order valence-electron chi connectivity index (χ4n) is 1.72. The first-order valence-electron chi connectivity index (χ1n) is 6.32. The number of hydrogen-bond acceptors (Lipinski definition) is 5. The van der Waals surface area contributed by atoms with Crippen LogP contribution in [0.15, 0.2) is 6.07 Å². The van der Waals surface area contributed by atoms with Gasteiger partial charge >= 0.3 is 5.97 Å². The van der Waals surface area contributed by atoms with Crippen molar-refractivity contribution in [2.45, 2.75) is 39.3 Å². The molecule has 6 heteroatoms. The average Bonchev–Trinajstić information content (AvgIpc) is 2.67. The first-order chi connectivity index (χ1) is 8.87. The SMILES string of the molecule is CCOC(=O)c1cc(CC(C)(C)O)n(CCOC)n1. The Balaban J connectivity index is 2.94. The van der Waals surface area contributed by atoms with Gasteiger partial charge in [-0.25, -0.2) is 4.79 Å². The Kier molecular flexibility index (Phi) is 5.50. The summed E-state index contributed by atoms with van der Waals surface area (Å²) in [4.78, 5) is 11.7. The highest BCUT2D eigenvalue weighted by Gasteiger charge is 2.20. The minimum Gasteiger partial charge on any atom is -0.461 e. The smallest absolute Gasteiger partial charge is 0.358 e. The number of hydrogen-bond donors (Lipinski definition) is 1. The fraction of sp³-hybridized carbons (Fsp3) is 0.692. The molecule has 0 bridgehead atoms. The van der Waals surface area contributed by atoms with Gasteiger partial charge < -0.3 is 14.6 Å². The zero-order chi connectivity index (χ0) is 14.5. The average molecular weight is 270 g/mol. The highest BCUT2D eigenvalue weighted by atomic mass is 16.5. The van der Waals surface area contributed by atoms with Crippen molar-refractivity contribution in [2.75, 3.05) is 20.3 Å². The van der Waals surface area contributed by atoms with Crippen molar-refractivity contribution in [3.63, 3.8) is 0 Å². The van der Waals surface area contributed by atoms with E-state index in [1.165, 1.54) is 0 Å². The van der Waals surface area contributed by atoms with E-state index >= 15 is 0 Å². The minimum atomic E-state index is -0.864. The second-order valence-corrected chi connectivity index (χ2v) is 4.95. The molecule has 0 atom stereocenters. The molecule has 0 saturated heterocycles. The van der Waals surface area contributed by atoms with Gasteiger partial charge in [0.15, 0.2) is 5.69 Å². The molecule has 6 nitrogen and oxygen atoms in total. The predicted octanol–water partition coefficient (Wildman–Crippen LogP) is 1.02. The van der Waals surface area contributed by atoms with E-state index in [1.807, 2.05) is 0 Å². The lowest BCUT2D eigenvalue weighted by atomic mass is 10.0. The van der Waals surface area contributed by atoms with Crippen molar-refractivity contribution in [1.29, 1.82) is 0 Å². The van der Waals surface area contributed by atoms with Crippen LogP contribution in [0.25, 0.3) is 0 Å². The molecule has 0 aliphatic heterocycles. The van der Waals surface area contributed by atoms with Crippen LogP contribution < -0.4 is 0 Å². The lowest BCUT2D eigenvalue weighted by molar-refractivity contribution is 0.0517. The van der Waals surface area contributed by atoms with Crippen LogP contribution in [-0.2, 0) is 22.4 Å². The Morgan fingerprint density at radius 3 is 2.74 bits per heavy atom. The Morgan fingerprint density at radius 2 is 2.21 bits per heavy atom. The van der Waals surface area contributed by atoms with Crippen molar-refractivity contribution in [3.8, 4) is 0 Å². The molecule has 0 spiro atoms. The molecule has 1 heterocycles. The molecule has 0 saturated carbocycles. The molecule has 0 aliphatic carbocycles. The number of rotatable bonds is 7. The predicted molar refractivity (Wildman–Crippen MR) is 70.1 cm³/mol. The maximum atomic E-state index is 11.7. The van der Waals surface area contributed by atoms with Crippen molar-refractivity contribution in [1.82, 2.24) is 9.78 Å².